The van der Waals surface area contributed by atoms with Crippen LogP contribution in [0.3, 0.4) is 0 Å². The van der Waals surface area contributed by atoms with E-state index in [4.69, 9.17) is 9.47 Å². The molecule has 7 heteroatoms. The van der Waals surface area contributed by atoms with Gasteiger partial charge in [-0.1, -0.05) is 38.1 Å². The molecular formula is C24H34F2N2O3. The predicted molar refractivity (Wildman–Crippen MR) is 114 cm³/mol. The van der Waals surface area contributed by atoms with E-state index in [0.29, 0.717) is 25.7 Å². The molecule has 1 aliphatic carbocycles. The lowest BCUT2D eigenvalue weighted by Crippen LogP contribution is -2.47. The molecule has 1 aromatic carbocycles. The summed E-state index contributed by atoms with van der Waals surface area (Å²) in [6.45, 7) is 8.49. The number of alkyl halides is 2. The topological polar surface area (TPSA) is 50.8 Å². The van der Waals surface area contributed by atoms with Crippen molar-refractivity contribution < 1.29 is 23.0 Å². The van der Waals surface area contributed by atoms with Crippen LogP contribution >= 0.6 is 0 Å². The monoisotopic (exact) mass is 436 g/mol. The van der Waals surface area contributed by atoms with Crippen LogP contribution < -0.4 is 5.32 Å². The molecular weight excluding hydrogens is 402 g/mol. The van der Waals surface area contributed by atoms with Crippen molar-refractivity contribution in [2.45, 2.75) is 69.6 Å². The molecule has 4 rings (SSSR count). The minimum Gasteiger partial charge on any atom is -0.377 e. The van der Waals surface area contributed by atoms with Gasteiger partial charge in [-0.3, -0.25) is 9.69 Å². The average Bonchev–Trinajstić information content (AvgIpc) is 2.99. The number of benzene rings is 1. The molecule has 2 aliphatic heterocycles. The molecule has 1 amide bonds. The van der Waals surface area contributed by atoms with Crippen molar-refractivity contribution in [2.75, 3.05) is 32.8 Å². The summed E-state index contributed by atoms with van der Waals surface area (Å²) in [6.07, 6.45) is 0.933. The number of rotatable bonds is 6. The second kappa shape index (κ2) is 9.12. The van der Waals surface area contributed by atoms with E-state index in [0.717, 1.165) is 32.5 Å². The van der Waals surface area contributed by atoms with Crippen LogP contribution in [0.25, 0.3) is 0 Å². The van der Waals surface area contributed by atoms with Gasteiger partial charge in [0.25, 0.3) is 0 Å². The molecule has 2 heterocycles. The number of ether oxygens (including phenoxy) is 2. The Bertz CT molecular complexity index is 763. The number of halogens is 2. The summed E-state index contributed by atoms with van der Waals surface area (Å²) in [5.41, 5.74) is 2.25. The zero-order valence-electron chi connectivity index (χ0n) is 18.5. The Morgan fingerprint density at radius 1 is 1.26 bits per heavy atom. The first-order valence-electron chi connectivity index (χ1n) is 11.5. The van der Waals surface area contributed by atoms with Gasteiger partial charge in [0.05, 0.1) is 19.3 Å². The highest BCUT2D eigenvalue weighted by atomic mass is 19.3. The van der Waals surface area contributed by atoms with Crippen molar-refractivity contribution in [2.24, 2.45) is 5.92 Å². The molecule has 0 radical (unpaired) electrons. The summed E-state index contributed by atoms with van der Waals surface area (Å²) < 4.78 is 38.2. The number of hydrogen-bond donors (Lipinski definition) is 1. The van der Waals surface area contributed by atoms with Gasteiger partial charge in [-0.05, 0) is 29.9 Å². The van der Waals surface area contributed by atoms with E-state index in [2.05, 4.69) is 48.3 Å². The predicted octanol–water partition coefficient (Wildman–Crippen LogP) is 3.72. The van der Waals surface area contributed by atoms with E-state index in [9.17, 15) is 13.6 Å². The van der Waals surface area contributed by atoms with Crippen LogP contribution in [0.5, 0.6) is 0 Å². The van der Waals surface area contributed by atoms with Gasteiger partial charge >= 0.3 is 0 Å². The van der Waals surface area contributed by atoms with Crippen molar-refractivity contribution >= 4 is 5.91 Å². The fourth-order valence-corrected chi connectivity index (χ4v) is 4.85. The molecule has 1 saturated carbocycles. The molecule has 1 N–H and O–H groups in total. The summed E-state index contributed by atoms with van der Waals surface area (Å²) >= 11 is 0. The van der Waals surface area contributed by atoms with Gasteiger partial charge < -0.3 is 14.8 Å². The normalized spacial score (nSPS) is 29.1. The van der Waals surface area contributed by atoms with Crippen LogP contribution in [0.1, 0.15) is 56.6 Å². The van der Waals surface area contributed by atoms with E-state index in [1.807, 2.05) is 0 Å². The molecule has 172 valence electrons. The van der Waals surface area contributed by atoms with Crippen molar-refractivity contribution in [3.05, 3.63) is 35.4 Å². The van der Waals surface area contributed by atoms with Gasteiger partial charge in [0.1, 0.15) is 5.60 Å². The third kappa shape index (κ3) is 5.62. The summed E-state index contributed by atoms with van der Waals surface area (Å²) in [5, 5.41) is 2.82. The molecule has 2 atom stereocenters. The number of carbonyl (C=O) groups is 1. The maximum Gasteiger partial charge on any atom is 0.249 e. The maximum atomic E-state index is 13.0. The fraction of sp³-hybridized carbons (Fsp3) is 0.708. The Morgan fingerprint density at radius 3 is 2.68 bits per heavy atom. The number of carbonyl (C=O) groups excluding carboxylic acids is 1. The maximum absolute atomic E-state index is 13.0. The molecule has 0 unspecified atom stereocenters. The molecule has 5 nitrogen and oxygen atoms in total. The van der Waals surface area contributed by atoms with Gasteiger partial charge in [-0.25, -0.2) is 8.78 Å². The third-order valence-corrected chi connectivity index (χ3v) is 6.78. The van der Waals surface area contributed by atoms with Crippen molar-refractivity contribution in [1.29, 1.82) is 0 Å². The fourth-order valence-electron chi connectivity index (χ4n) is 4.85. The highest BCUT2D eigenvalue weighted by molar-refractivity contribution is 5.79. The van der Waals surface area contributed by atoms with Gasteiger partial charge in [0, 0.05) is 44.9 Å². The van der Waals surface area contributed by atoms with Gasteiger partial charge in [-0.15, -0.1) is 0 Å². The first-order valence-corrected chi connectivity index (χ1v) is 11.5. The lowest BCUT2D eigenvalue weighted by molar-refractivity contribution is -0.151. The Balaban J connectivity index is 1.28. The molecule has 2 saturated heterocycles. The van der Waals surface area contributed by atoms with Crippen molar-refractivity contribution in [1.82, 2.24) is 10.2 Å². The van der Waals surface area contributed by atoms with Crippen molar-refractivity contribution in [3.63, 3.8) is 0 Å². The molecule has 1 spiro atoms. The van der Waals surface area contributed by atoms with Crippen LogP contribution in [-0.4, -0.2) is 61.3 Å². The van der Waals surface area contributed by atoms with E-state index in [1.54, 1.807) is 0 Å². The Morgan fingerprint density at radius 2 is 2.00 bits per heavy atom. The summed E-state index contributed by atoms with van der Waals surface area (Å²) in [7, 11) is 0. The standard InChI is InChI=1S/C24H34F2N2O3/c1-17(2)19-5-3-18(4-6-19)14-28-9-10-30-16-23(15-28)8-7-21(31-23)13-27-22(29)20-11-24(25,26)12-20/h3-6,17,20-21H,7-16H2,1-2H3,(H,27,29)/t21-,23-/m0/s1. The molecule has 1 aromatic rings. The number of nitrogens with one attached hydrogen (secondary N) is 1. The first kappa shape index (κ1) is 22.6. The summed E-state index contributed by atoms with van der Waals surface area (Å²) in [6, 6.07) is 8.80. The van der Waals surface area contributed by atoms with Gasteiger partial charge in [-0.2, -0.15) is 0 Å². The van der Waals surface area contributed by atoms with Crippen LogP contribution in [-0.2, 0) is 20.8 Å². The van der Waals surface area contributed by atoms with E-state index in [1.165, 1.54) is 11.1 Å². The molecule has 0 bridgehead atoms. The summed E-state index contributed by atoms with van der Waals surface area (Å²) in [5.74, 6) is -3.00. The van der Waals surface area contributed by atoms with E-state index >= 15 is 0 Å². The second-order valence-electron chi connectivity index (χ2n) is 9.83. The Labute approximate surface area is 183 Å². The average molecular weight is 437 g/mol. The zero-order chi connectivity index (χ0) is 22.1. The van der Waals surface area contributed by atoms with Gasteiger partial charge in [0.2, 0.25) is 11.8 Å². The van der Waals surface area contributed by atoms with E-state index < -0.39 is 11.8 Å². The van der Waals surface area contributed by atoms with Crippen LogP contribution in [0, 0.1) is 5.92 Å². The lowest BCUT2D eigenvalue weighted by Gasteiger charge is -2.34. The van der Waals surface area contributed by atoms with Crippen LogP contribution in [0.4, 0.5) is 8.78 Å². The number of nitrogens with zero attached hydrogens (tertiary/aromatic N) is 1. The molecule has 3 aliphatic rings. The largest absolute Gasteiger partial charge is 0.377 e. The Hall–Kier alpha value is -1.57. The quantitative estimate of drug-likeness (QED) is 0.739. The molecule has 0 aromatic heterocycles. The zero-order valence-corrected chi connectivity index (χ0v) is 18.5. The first-order chi connectivity index (χ1) is 14.7. The highest BCUT2D eigenvalue weighted by Crippen LogP contribution is 2.42. The van der Waals surface area contributed by atoms with Crippen molar-refractivity contribution in [3.8, 4) is 0 Å². The van der Waals surface area contributed by atoms with Crippen LogP contribution in [0.2, 0.25) is 0 Å². The SMILES string of the molecule is CC(C)c1ccc(CN2CCOC[C@]3(CC[C@@H](CNC(=O)C4CC(F)(F)C4)O3)C2)cc1. The lowest BCUT2D eigenvalue weighted by atomic mass is 9.81. The number of hydrogen-bond acceptors (Lipinski definition) is 4. The highest BCUT2D eigenvalue weighted by Gasteiger charge is 2.49. The minimum atomic E-state index is -2.67. The Kier molecular flexibility index (Phi) is 6.65. The van der Waals surface area contributed by atoms with Gasteiger partial charge in [0.15, 0.2) is 0 Å². The summed E-state index contributed by atoms with van der Waals surface area (Å²) in [4.78, 5) is 14.5. The minimum absolute atomic E-state index is 0.0987. The third-order valence-electron chi connectivity index (χ3n) is 6.78. The second-order valence-corrected chi connectivity index (χ2v) is 9.83. The van der Waals surface area contributed by atoms with E-state index in [-0.39, 0.29) is 30.5 Å². The molecule has 31 heavy (non-hydrogen) atoms. The molecule has 3 fully saturated rings. The van der Waals surface area contributed by atoms with Crippen LogP contribution in [0.15, 0.2) is 24.3 Å². The smallest absolute Gasteiger partial charge is 0.249 e. The number of amides is 1.